The number of nitrogens with zero attached hydrogens (tertiary/aromatic N) is 1. The molecule has 0 saturated carbocycles. The highest BCUT2D eigenvalue weighted by molar-refractivity contribution is 5.50. The van der Waals surface area contributed by atoms with Crippen LogP contribution in [0, 0.1) is 11.3 Å². The van der Waals surface area contributed by atoms with E-state index in [1.165, 1.54) is 0 Å². The molecular formula is C11H14N2O2. The standard InChI is InChI=1S/C11H14N2O2/c1-2-7-3-4-9(13)8(5-7)11(15)10(14)6-12/h3-5,10-11,14-15H,2,13H2,1H3. The molecule has 4 N–H and O–H groups in total. The van der Waals surface area contributed by atoms with Gasteiger partial charge in [0.05, 0.1) is 6.07 Å². The monoisotopic (exact) mass is 206 g/mol. The van der Waals surface area contributed by atoms with Crippen molar-refractivity contribution in [1.29, 1.82) is 5.26 Å². The molecule has 0 bridgehead atoms. The van der Waals surface area contributed by atoms with Gasteiger partial charge in [-0.3, -0.25) is 0 Å². The van der Waals surface area contributed by atoms with Crippen LogP contribution in [0.2, 0.25) is 0 Å². The Morgan fingerprint density at radius 2 is 2.13 bits per heavy atom. The van der Waals surface area contributed by atoms with Crippen molar-refractivity contribution < 1.29 is 10.2 Å². The Balaban J connectivity index is 3.07. The average molecular weight is 206 g/mol. The van der Waals surface area contributed by atoms with Crippen molar-refractivity contribution in [2.75, 3.05) is 5.73 Å². The van der Waals surface area contributed by atoms with E-state index in [0.29, 0.717) is 11.3 Å². The molecular weight excluding hydrogens is 192 g/mol. The van der Waals surface area contributed by atoms with Crippen LogP contribution in [0.3, 0.4) is 0 Å². The van der Waals surface area contributed by atoms with Crippen molar-refractivity contribution >= 4 is 5.69 Å². The number of hydrogen-bond acceptors (Lipinski definition) is 4. The van der Waals surface area contributed by atoms with Gasteiger partial charge in [-0.05, 0) is 18.1 Å². The van der Waals surface area contributed by atoms with Gasteiger partial charge < -0.3 is 15.9 Å². The Labute approximate surface area is 88.6 Å². The number of rotatable bonds is 3. The molecule has 0 aromatic heterocycles. The summed E-state index contributed by atoms with van der Waals surface area (Å²) >= 11 is 0. The fraction of sp³-hybridized carbons (Fsp3) is 0.364. The van der Waals surface area contributed by atoms with Crippen molar-refractivity contribution in [3.63, 3.8) is 0 Å². The summed E-state index contributed by atoms with van der Waals surface area (Å²) in [6.07, 6.45) is -1.89. The van der Waals surface area contributed by atoms with Gasteiger partial charge in [0.25, 0.3) is 0 Å². The van der Waals surface area contributed by atoms with Gasteiger partial charge in [-0.15, -0.1) is 0 Å². The van der Waals surface area contributed by atoms with Crippen LogP contribution < -0.4 is 5.73 Å². The maximum absolute atomic E-state index is 9.64. The van der Waals surface area contributed by atoms with Crippen LogP contribution in [-0.4, -0.2) is 16.3 Å². The van der Waals surface area contributed by atoms with Gasteiger partial charge in [-0.2, -0.15) is 5.26 Å². The second kappa shape index (κ2) is 4.78. The van der Waals surface area contributed by atoms with E-state index >= 15 is 0 Å². The first kappa shape index (κ1) is 11.5. The van der Waals surface area contributed by atoms with Gasteiger partial charge in [0.15, 0.2) is 6.10 Å². The number of nitrogen functional groups attached to an aromatic ring is 1. The predicted molar refractivity (Wildman–Crippen MR) is 56.8 cm³/mol. The molecule has 0 spiro atoms. The lowest BCUT2D eigenvalue weighted by Gasteiger charge is -2.15. The summed E-state index contributed by atoms with van der Waals surface area (Å²) in [4.78, 5) is 0. The molecule has 15 heavy (non-hydrogen) atoms. The minimum absolute atomic E-state index is 0.383. The average Bonchev–Trinajstić information content (AvgIpc) is 2.27. The molecule has 0 heterocycles. The molecule has 1 aromatic rings. The lowest BCUT2D eigenvalue weighted by Crippen LogP contribution is -2.17. The van der Waals surface area contributed by atoms with Gasteiger partial charge >= 0.3 is 0 Å². The van der Waals surface area contributed by atoms with Crippen molar-refractivity contribution in [2.24, 2.45) is 0 Å². The first-order valence-corrected chi connectivity index (χ1v) is 4.74. The number of aliphatic hydroxyl groups is 2. The van der Waals surface area contributed by atoms with Crippen molar-refractivity contribution in [1.82, 2.24) is 0 Å². The van der Waals surface area contributed by atoms with E-state index < -0.39 is 12.2 Å². The molecule has 0 aliphatic heterocycles. The smallest absolute Gasteiger partial charge is 0.170 e. The fourth-order valence-electron chi connectivity index (χ4n) is 1.34. The topological polar surface area (TPSA) is 90.3 Å². The predicted octanol–water partition coefficient (Wildman–Crippen LogP) is 0.749. The maximum atomic E-state index is 9.64. The lowest BCUT2D eigenvalue weighted by atomic mass is 9.99. The summed E-state index contributed by atoms with van der Waals surface area (Å²) in [5, 5.41) is 27.3. The summed E-state index contributed by atoms with van der Waals surface area (Å²) in [5.74, 6) is 0. The van der Waals surface area contributed by atoms with Gasteiger partial charge in [-0.1, -0.05) is 19.1 Å². The summed E-state index contributed by atoms with van der Waals surface area (Å²) < 4.78 is 0. The molecule has 0 fully saturated rings. The first-order chi connectivity index (χ1) is 7.10. The normalized spacial score (nSPS) is 14.3. The van der Waals surface area contributed by atoms with Crippen LogP contribution in [0.15, 0.2) is 18.2 Å². The molecule has 1 rings (SSSR count). The van der Waals surface area contributed by atoms with E-state index in [2.05, 4.69) is 0 Å². The quantitative estimate of drug-likeness (QED) is 0.502. The highest BCUT2D eigenvalue weighted by atomic mass is 16.3. The van der Waals surface area contributed by atoms with Crippen LogP contribution in [0.25, 0.3) is 0 Å². The van der Waals surface area contributed by atoms with Gasteiger partial charge in [0, 0.05) is 11.3 Å². The van der Waals surface area contributed by atoms with E-state index in [4.69, 9.17) is 11.0 Å². The minimum Gasteiger partial charge on any atom is -0.398 e. The number of benzene rings is 1. The van der Waals surface area contributed by atoms with E-state index in [0.717, 1.165) is 12.0 Å². The Hall–Kier alpha value is -1.57. The molecule has 0 aliphatic carbocycles. The van der Waals surface area contributed by atoms with Gasteiger partial charge in [0.1, 0.15) is 6.10 Å². The number of aliphatic hydroxyl groups excluding tert-OH is 2. The van der Waals surface area contributed by atoms with Crippen LogP contribution in [-0.2, 0) is 6.42 Å². The zero-order valence-electron chi connectivity index (χ0n) is 8.51. The lowest BCUT2D eigenvalue weighted by molar-refractivity contribution is 0.0532. The number of nitriles is 1. The zero-order chi connectivity index (χ0) is 11.4. The minimum atomic E-state index is -1.44. The number of hydrogen-bond donors (Lipinski definition) is 3. The third-order valence-corrected chi connectivity index (χ3v) is 2.31. The third-order valence-electron chi connectivity index (χ3n) is 2.31. The Morgan fingerprint density at radius 3 is 2.67 bits per heavy atom. The summed E-state index contributed by atoms with van der Waals surface area (Å²) in [7, 11) is 0. The van der Waals surface area contributed by atoms with Crippen molar-refractivity contribution in [3.8, 4) is 6.07 Å². The second-order valence-corrected chi connectivity index (χ2v) is 3.34. The fourth-order valence-corrected chi connectivity index (χ4v) is 1.34. The Morgan fingerprint density at radius 1 is 1.47 bits per heavy atom. The van der Waals surface area contributed by atoms with Crippen molar-refractivity contribution in [3.05, 3.63) is 29.3 Å². The zero-order valence-corrected chi connectivity index (χ0v) is 8.51. The van der Waals surface area contributed by atoms with Crippen LogP contribution in [0.1, 0.15) is 24.2 Å². The highest BCUT2D eigenvalue weighted by Crippen LogP contribution is 2.24. The molecule has 4 nitrogen and oxygen atoms in total. The molecule has 4 heteroatoms. The van der Waals surface area contributed by atoms with E-state index in [9.17, 15) is 10.2 Å². The molecule has 0 amide bonds. The molecule has 0 radical (unpaired) electrons. The third kappa shape index (κ3) is 2.46. The van der Waals surface area contributed by atoms with Crippen LogP contribution in [0.4, 0.5) is 5.69 Å². The van der Waals surface area contributed by atoms with E-state index in [-0.39, 0.29) is 0 Å². The molecule has 0 saturated heterocycles. The number of nitrogens with two attached hydrogens (primary N) is 1. The summed E-state index contributed by atoms with van der Waals surface area (Å²) in [6, 6.07) is 6.81. The molecule has 0 aliphatic rings. The molecule has 1 aromatic carbocycles. The van der Waals surface area contributed by atoms with Crippen LogP contribution >= 0.6 is 0 Å². The molecule has 80 valence electrons. The molecule has 2 unspecified atom stereocenters. The van der Waals surface area contributed by atoms with Gasteiger partial charge in [0.2, 0.25) is 0 Å². The van der Waals surface area contributed by atoms with E-state index in [1.54, 1.807) is 18.2 Å². The summed E-state index contributed by atoms with van der Waals surface area (Å²) in [5.41, 5.74) is 7.45. The number of aryl methyl sites for hydroxylation is 1. The highest BCUT2D eigenvalue weighted by Gasteiger charge is 2.19. The Bertz CT molecular complexity index is 385. The van der Waals surface area contributed by atoms with Gasteiger partial charge in [-0.25, -0.2) is 0 Å². The maximum Gasteiger partial charge on any atom is 0.170 e. The number of anilines is 1. The van der Waals surface area contributed by atoms with Crippen LogP contribution in [0.5, 0.6) is 0 Å². The largest absolute Gasteiger partial charge is 0.398 e. The first-order valence-electron chi connectivity index (χ1n) is 4.74. The van der Waals surface area contributed by atoms with E-state index in [1.807, 2.05) is 13.0 Å². The van der Waals surface area contributed by atoms with Crippen molar-refractivity contribution in [2.45, 2.75) is 25.6 Å². The Kier molecular flexibility index (Phi) is 3.67. The SMILES string of the molecule is CCc1ccc(N)c(C(O)C(O)C#N)c1. The summed E-state index contributed by atoms with van der Waals surface area (Å²) in [6.45, 7) is 1.97. The molecule has 2 atom stereocenters. The second-order valence-electron chi connectivity index (χ2n) is 3.34.